The summed E-state index contributed by atoms with van der Waals surface area (Å²) in [5, 5.41) is 2.90. The van der Waals surface area contributed by atoms with Crippen molar-refractivity contribution >= 4 is 17.7 Å². The van der Waals surface area contributed by atoms with Gasteiger partial charge in [-0.15, -0.1) is 0 Å². The van der Waals surface area contributed by atoms with Crippen LogP contribution >= 0.6 is 0 Å². The van der Waals surface area contributed by atoms with E-state index in [9.17, 15) is 9.59 Å². The average Bonchev–Trinajstić information content (AvgIpc) is 2.44. The van der Waals surface area contributed by atoms with Crippen LogP contribution in [0.5, 0.6) is 0 Å². The molecule has 0 aromatic carbocycles. The highest BCUT2D eigenvalue weighted by Crippen LogP contribution is 2.06. The van der Waals surface area contributed by atoms with Crippen molar-refractivity contribution in [2.75, 3.05) is 32.1 Å². The molecule has 0 spiro atoms. The Hall–Kier alpha value is -2.11. The Balaban J connectivity index is 2.53. The van der Waals surface area contributed by atoms with Gasteiger partial charge in [-0.2, -0.15) is 0 Å². The van der Waals surface area contributed by atoms with Crippen LogP contribution in [0.15, 0.2) is 18.3 Å². The van der Waals surface area contributed by atoms with Crippen LogP contribution in [0.3, 0.4) is 0 Å². The summed E-state index contributed by atoms with van der Waals surface area (Å²) in [5.74, 6) is 0.132. The molecule has 0 atom stereocenters. The van der Waals surface area contributed by atoms with Crippen LogP contribution in [0.4, 0.5) is 5.82 Å². The molecule has 1 heterocycles. The van der Waals surface area contributed by atoms with E-state index in [1.807, 2.05) is 6.92 Å². The molecule has 104 valence electrons. The monoisotopic (exact) mass is 265 g/mol. The van der Waals surface area contributed by atoms with Gasteiger partial charge in [-0.25, -0.2) is 9.78 Å². The molecule has 0 aliphatic rings. The van der Waals surface area contributed by atoms with Crippen molar-refractivity contribution in [3.63, 3.8) is 0 Å². The molecule has 0 saturated heterocycles. The molecule has 1 aromatic rings. The summed E-state index contributed by atoms with van der Waals surface area (Å²) in [6.45, 7) is 4.82. The Morgan fingerprint density at radius 3 is 2.63 bits per heavy atom. The minimum Gasteiger partial charge on any atom is -0.462 e. The summed E-state index contributed by atoms with van der Waals surface area (Å²) in [7, 11) is 1.74. The maximum absolute atomic E-state index is 11.6. The Bertz CT molecular complexity index is 431. The third kappa shape index (κ3) is 4.57. The number of likely N-dealkylation sites (N-methyl/N-ethyl adjacent to an activating group) is 1. The van der Waals surface area contributed by atoms with Gasteiger partial charge in [0, 0.05) is 19.8 Å². The lowest BCUT2D eigenvalue weighted by molar-refractivity contribution is -0.127. The highest BCUT2D eigenvalue weighted by Gasteiger charge is 2.08. The van der Waals surface area contributed by atoms with Gasteiger partial charge in [0.1, 0.15) is 5.82 Å². The van der Waals surface area contributed by atoms with Crippen LogP contribution < -0.4 is 5.32 Å². The minimum absolute atomic E-state index is 0.0150. The van der Waals surface area contributed by atoms with E-state index in [0.717, 1.165) is 0 Å². The van der Waals surface area contributed by atoms with Crippen molar-refractivity contribution in [3.8, 4) is 0 Å². The SMILES string of the molecule is CCOC(=O)c1ccc(NCC(=O)N(C)CC)nc1. The predicted octanol–water partition coefficient (Wildman–Crippen LogP) is 1.15. The number of esters is 1. The van der Waals surface area contributed by atoms with Crippen LogP contribution in [0.2, 0.25) is 0 Å². The van der Waals surface area contributed by atoms with Gasteiger partial charge >= 0.3 is 5.97 Å². The summed E-state index contributed by atoms with van der Waals surface area (Å²) in [4.78, 5) is 28.6. The van der Waals surface area contributed by atoms with Crippen LogP contribution in [-0.2, 0) is 9.53 Å². The number of amides is 1. The highest BCUT2D eigenvalue weighted by atomic mass is 16.5. The molecular weight excluding hydrogens is 246 g/mol. The summed E-state index contributed by atoms with van der Waals surface area (Å²) < 4.78 is 4.85. The van der Waals surface area contributed by atoms with E-state index in [0.29, 0.717) is 24.5 Å². The van der Waals surface area contributed by atoms with E-state index in [1.165, 1.54) is 6.20 Å². The van der Waals surface area contributed by atoms with Crippen LogP contribution in [0, 0.1) is 0 Å². The zero-order valence-corrected chi connectivity index (χ0v) is 11.5. The number of nitrogens with one attached hydrogen (secondary N) is 1. The molecule has 19 heavy (non-hydrogen) atoms. The van der Waals surface area contributed by atoms with E-state index in [4.69, 9.17) is 4.74 Å². The third-order valence-corrected chi connectivity index (χ3v) is 2.60. The fourth-order valence-corrected chi connectivity index (χ4v) is 1.31. The number of ether oxygens (including phenoxy) is 1. The number of aromatic nitrogens is 1. The van der Waals surface area contributed by atoms with Gasteiger partial charge in [0.2, 0.25) is 5.91 Å². The predicted molar refractivity (Wildman–Crippen MR) is 72.0 cm³/mol. The number of carbonyl (C=O) groups excluding carboxylic acids is 2. The minimum atomic E-state index is -0.400. The molecule has 0 unspecified atom stereocenters. The molecule has 6 nitrogen and oxygen atoms in total. The highest BCUT2D eigenvalue weighted by molar-refractivity contribution is 5.89. The smallest absolute Gasteiger partial charge is 0.339 e. The molecule has 1 amide bonds. The quantitative estimate of drug-likeness (QED) is 0.781. The van der Waals surface area contributed by atoms with Crippen molar-refractivity contribution in [1.82, 2.24) is 9.88 Å². The molecule has 1 rings (SSSR count). The zero-order valence-electron chi connectivity index (χ0n) is 11.5. The maximum atomic E-state index is 11.6. The number of pyridine rings is 1. The van der Waals surface area contributed by atoms with E-state index in [-0.39, 0.29) is 12.5 Å². The number of hydrogen-bond acceptors (Lipinski definition) is 5. The van der Waals surface area contributed by atoms with Gasteiger partial charge in [-0.3, -0.25) is 4.79 Å². The average molecular weight is 265 g/mol. The number of rotatable bonds is 6. The summed E-state index contributed by atoms with van der Waals surface area (Å²) in [6, 6.07) is 3.26. The van der Waals surface area contributed by atoms with Gasteiger partial charge in [-0.1, -0.05) is 0 Å². The lowest BCUT2D eigenvalue weighted by Crippen LogP contribution is -2.32. The molecular formula is C13H19N3O3. The standard InChI is InChI=1S/C13H19N3O3/c1-4-16(3)12(17)9-15-11-7-6-10(8-14-11)13(18)19-5-2/h6-8H,4-5,9H2,1-3H3,(H,14,15). The Labute approximate surface area is 112 Å². The van der Waals surface area contributed by atoms with Gasteiger partial charge < -0.3 is 15.0 Å². The summed E-state index contributed by atoms with van der Waals surface area (Å²) >= 11 is 0. The van der Waals surface area contributed by atoms with E-state index >= 15 is 0 Å². The van der Waals surface area contributed by atoms with E-state index in [1.54, 1.807) is 31.0 Å². The summed E-state index contributed by atoms with van der Waals surface area (Å²) in [6.07, 6.45) is 1.42. The Kier molecular flexibility index (Phi) is 5.78. The van der Waals surface area contributed by atoms with E-state index in [2.05, 4.69) is 10.3 Å². The molecule has 0 fully saturated rings. The number of anilines is 1. The molecule has 6 heteroatoms. The van der Waals surface area contributed by atoms with E-state index < -0.39 is 5.97 Å². The topological polar surface area (TPSA) is 71.5 Å². The Morgan fingerprint density at radius 2 is 2.11 bits per heavy atom. The van der Waals surface area contributed by atoms with Gasteiger partial charge in [0.05, 0.1) is 18.7 Å². The van der Waals surface area contributed by atoms with Crippen LogP contribution in [-0.4, -0.2) is 48.5 Å². The summed E-state index contributed by atoms with van der Waals surface area (Å²) in [5.41, 5.74) is 0.393. The van der Waals surface area contributed by atoms with Gasteiger partial charge in [0.25, 0.3) is 0 Å². The number of nitrogens with zero attached hydrogens (tertiary/aromatic N) is 2. The first kappa shape index (κ1) is 14.9. The van der Waals surface area contributed by atoms with Crippen LogP contribution in [0.25, 0.3) is 0 Å². The second-order valence-electron chi connectivity index (χ2n) is 3.91. The fraction of sp³-hybridized carbons (Fsp3) is 0.462. The first-order valence-electron chi connectivity index (χ1n) is 6.19. The van der Waals surface area contributed by atoms with Crippen molar-refractivity contribution in [1.29, 1.82) is 0 Å². The molecule has 0 aliphatic heterocycles. The van der Waals surface area contributed by atoms with Crippen molar-refractivity contribution < 1.29 is 14.3 Å². The largest absolute Gasteiger partial charge is 0.462 e. The van der Waals surface area contributed by atoms with Crippen molar-refractivity contribution in [2.45, 2.75) is 13.8 Å². The van der Waals surface area contributed by atoms with Gasteiger partial charge in [-0.05, 0) is 26.0 Å². The lowest BCUT2D eigenvalue weighted by atomic mass is 10.3. The molecule has 1 aromatic heterocycles. The van der Waals surface area contributed by atoms with Crippen molar-refractivity contribution in [3.05, 3.63) is 23.9 Å². The fourth-order valence-electron chi connectivity index (χ4n) is 1.31. The molecule has 0 bridgehead atoms. The second-order valence-corrected chi connectivity index (χ2v) is 3.91. The number of hydrogen-bond donors (Lipinski definition) is 1. The van der Waals surface area contributed by atoms with Crippen LogP contribution in [0.1, 0.15) is 24.2 Å². The molecule has 0 saturated carbocycles. The zero-order chi connectivity index (χ0) is 14.3. The molecule has 0 aliphatic carbocycles. The van der Waals surface area contributed by atoms with Gasteiger partial charge in [0.15, 0.2) is 0 Å². The normalized spacial score (nSPS) is 9.84. The third-order valence-electron chi connectivity index (χ3n) is 2.60. The Morgan fingerprint density at radius 1 is 1.37 bits per heavy atom. The molecule has 1 N–H and O–H groups in total. The first-order valence-corrected chi connectivity index (χ1v) is 6.19. The van der Waals surface area contributed by atoms with Crippen molar-refractivity contribution in [2.24, 2.45) is 0 Å². The first-order chi connectivity index (χ1) is 9.08. The maximum Gasteiger partial charge on any atom is 0.339 e. The lowest BCUT2D eigenvalue weighted by Gasteiger charge is -2.14. The second kappa shape index (κ2) is 7.35. The molecule has 0 radical (unpaired) electrons. The number of carbonyl (C=O) groups is 2.